The lowest BCUT2D eigenvalue weighted by Crippen LogP contribution is -2.31. The topological polar surface area (TPSA) is 118 Å². The van der Waals surface area contributed by atoms with Gasteiger partial charge in [0, 0.05) is 24.6 Å². The Labute approximate surface area is 177 Å². The highest BCUT2D eigenvalue weighted by atomic mass is 32.2. The SMILES string of the molecule is NS(=O)(=O)c1ccc(CNC(=O)c2ccc(CNC(=O)C3CCCCC3)cc2)cc1. The molecule has 0 saturated heterocycles. The van der Waals surface area contributed by atoms with Crippen LogP contribution in [-0.4, -0.2) is 20.2 Å². The van der Waals surface area contributed by atoms with Gasteiger partial charge in [-0.05, 0) is 48.2 Å². The largest absolute Gasteiger partial charge is 0.352 e. The summed E-state index contributed by atoms with van der Waals surface area (Å²) in [6, 6.07) is 13.1. The number of hydrogen-bond donors (Lipinski definition) is 3. The van der Waals surface area contributed by atoms with Crippen LogP contribution in [-0.2, 0) is 27.9 Å². The highest BCUT2D eigenvalue weighted by molar-refractivity contribution is 7.89. The van der Waals surface area contributed by atoms with E-state index >= 15 is 0 Å². The number of amides is 2. The normalized spacial score (nSPS) is 14.8. The van der Waals surface area contributed by atoms with Gasteiger partial charge in [0.15, 0.2) is 0 Å². The summed E-state index contributed by atoms with van der Waals surface area (Å²) >= 11 is 0. The third-order valence-corrected chi connectivity index (χ3v) is 6.29. The van der Waals surface area contributed by atoms with E-state index < -0.39 is 10.0 Å². The minimum atomic E-state index is -3.73. The van der Waals surface area contributed by atoms with Crippen LogP contribution >= 0.6 is 0 Å². The van der Waals surface area contributed by atoms with Gasteiger partial charge in [0.2, 0.25) is 15.9 Å². The molecule has 0 aromatic heterocycles. The van der Waals surface area contributed by atoms with Crippen LogP contribution in [0.2, 0.25) is 0 Å². The molecule has 1 saturated carbocycles. The molecule has 2 aromatic rings. The maximum atomic E-state index is 12.3. The molecule has 160 valence electrons. The number of hydrogen-bond acceptors (Lipinski definition) is 4. The number of nitrogens with one attached hydrogen (secondary N) is 2. The molecule has 30 heavy (non-hydrogen) atoms. The molecule has 0 atom stereocenters. The van der Waals surface area contributed by atoms with Crippen LogP contribution in [0.15, 0.2) is 53.4 Å². The Morgan fingerprint density at radius 2 is 1.37 bits per heavy atom. The molecule has 0 spiro atoms. The minimum absolute atomic E-state index is 0.0312. The van der Waals surface area contributed by atoms with Crippen LogP contribution in [0.5, 0.6) is 0 Å². The van der Waals surface area contributed by atoms with Crippen molar-refractivity contribution in [2.75, 3.05) is 0 Å². The van der Waals surface area contributed by atoms with E-state index in [1.54, 1.807) is 24.3 Å². The molecular formula is C22H27N3O4S. The number of nitrogens with two attached hydrogens (primary N) is 1. The summed E-state index contributed by atoms with van der Waals surface area (Å²) in [5.74, 6) is 0.0103. The molecule has 7 nitrogen and oxygen atoms in total. The molecule has 1 aliphatic rings. The summed E-state index contributed by atoms with van der Waals surface area (Å²) < 4.78 is 22.5. The second kappa shape index (κ2) is 9.86. The molecule has 0 bridgehead atoms. The summed E-state index contributed by atoms with van der Waals surface area (Å²) in [5.41, 5.74) is 2.21. The average molecular weight is 430 g/mol. The standard InChI is InChI=1S/C22H27N3O4S/c23-30(28,29)20-12-8-17(9-13-20)15-25-22(27)19-10-6-16(7-11-19)14-24-21(26)18-4-2-1-3-5-18/h6-13,18H,1-5,14-15H2,(H,24,26)(H,25,27)(H2,23,28,29). The van der Waals surface area contributed by atoms with Crippen molar-refractivity contribution < 1.29 is 18.0 Å². The van der Waals surface area contributed by atoms with Gasteiger partial charge >= 0.3 is 0 Å². The number of carbonyl (C=O) groups is 2. The predicted octanol–water partition coefficient (Wildman–Crippen LogP) is 2.46. The highest BCUT2D eigenvalue weighted by Crippen LogP contribution is 2.23. The monoisotopic (exact) mass is 429 g/mol. The summed E-state index contributed by atoms with van der Waals surface area (Å²) in [6.45, 7) is 0.719. The molecule has 2 amide bonds. The molecule has 2 aromatic carbocycles. The lowest BCUT2D eigenvalue weighted by molar-refractivity contribution is -0.126. The van der Waals surface area contributed by atoms with Crippen molar-refractivity contribution in [1.82, 2.24) is 10.6 Å². The zero-order chi connectivity index (χ0) is 21.6. The lowest BCUT2D eigenvalue weighted by atomic mass is 9.88. The number of benzene rings is 2. The van der Waals surface area contributed by atoms with Gasteiger partial charge in [0.05, 0.1) is 4.90 Å². The van der Waals surface area contributed by atoms with Crippen LogP contribution in [0.3, 0.4) is 0 Å². The van der Waals surface area contributed by atoms with Crippen molar-refractivity contribution in [2.45, 2.75) is 50.1 Å². The van der Waals surface area contributed by atoms with Crippen molar-refractivity contribution >= 4 is 21.8 Å². The predicted molar refractivity (Wildman–Crippen MR) is 114 cm³/mol. The van der Waals surface area contributed by atoms with Gasteiger partial charge in [-0.15, -0.1) is 0 Å². The Kier molecular flexibility index (Phi) is 7.23. The molecule has 0 aliphatic heterocycles. The van der Waals surface area contributed by atoms with Gasteiger partial charge in [-0.3, -0.25) is 9.59 Å². The van der Waals surface area contributed by atoms with Gasteiger partial charge in [-0.1, -0.05) is 43.5 Å². The van der Waals surface area contributed by atoms with Crippen molar-refractivity contribution in [2.24, 2.45) is 11.1 Å². The molecule has 0 heterocycles. The zero-order valence-electron chi connectivity index (χ0n) is 16.8. The first-order chi connectivity index (χ1) is 14.3. The van der Waals surface area contributed by atoms with Crippen LogP contribution in [0, 0.1) is 5.92 Å². The van der Waals surface area contributed by atoms with Crippen LogP contribution in [0.25, 0.3) is 0 Å². The van der Waals surface area contributed by atoms with Crippen LogP contribution in [0.4, 0.5) is 0 Å². The van der Waals surface area contributed by atoms with E-state index in [1.807, 2.05) is 12.1 Å². The van der Waals surface area contributed by atoms with E-state index in [4.69, 9.17) is 5.14 Å². The Morgan fingerprint density at radius 1 is 0.833 bits per heavy atom. The fourth-order valence-corrected chi connectivity index (χ4v) is 4.07. The third kappa shape index (κ3) is 6.14. The number of rotatable bonds is 7. The molecule has 1 fully saturated rings. The Bertz CT molecular complexity index is 980. The number of carbonyl (C=O) groups excluding carboxylic acids is 2. The van der Waals surface area contributed by atoms with E-state index in [9.17, 15) is 18.0 Å². The number of sulfonamides is 1. The molecular weight excluding hydrogens is 402 g/mol. The Hall–Kier alpha value is -2.71. The average Bonchev–Trinajstić information content (AvgIpc) is 2.76. The first-order valence-electron chi connectivity index (χ1n) is 10.1. The van der Waals surface area contributed by atoms with Gasteiger partial charge in [0.25, 0.3) is 5.91 Å². The maximum absolute atomic E-state index is 12.3. The van der Waals surface area contributed by atoms with E-state index in [1.165, 1.54) is 18.6 Å². The lowest BCUT2D eigenvalue weighted by Gasteiger charge is -2.20. The molecule has 8 heteroatoms. The van der Waals surface area contributed by atoms with Gasteiger partial charge in [-0.2, -0.15) is 0 Å². The van der Waals surface area contributed by atoms with Crippen molar-refractivity contribution in [3.8, 4) is 0 Å². The fraction of sp³-hybridized carbons (Fsp3) is 0.364. The number of primary sulfonamides is 1. The summed E-state index contributed by atoms with van der Waals surface area (Å²) in [5, 5.41) is 10.9. The van der Waals surface area contributed by atoms with Gasteiger partial charge in [0.1, 0.15) is 0 Å². The van der Waals surface area contributed by atoms with Gasteiger partial charge < -0.3 is 10.6 Å². The van der Waals surface area contributed by atoms with Crippen molar-refractivity contribution in [3.05, 3.63) is 65.2 Å². The first kappa shape index (κ1) is 22.0. The maximum Gasteiger partial charge on any atom is 0.251 e. The molecule has 4 N–H and O–H groups in total. The van der Waals surface area contributed by atoms with Crippen molar-refractivity contribution in [1.29, 1.82) is 0 Å². The minimum Gasteiger partial charge on any atom is -0.352 e. The Morgan fingerprint density at radius 3 is 1.93 bits per heavy atom. The van der Waals surface area contributed by atoms with Crippen molar-refractivity contribution in [3.63, 3.8) is 0 Å². The summed E-state index contributed by atoms with van der Waals surface area (Å²) in [7, 11) is -3.73. The van der Waals surface area contributed by atoms with E-state index in [0.717, 1.165) is 36.8 Å². The van der Waals surface area contributed by atoms with E-state index in [-0.39, 0.29) is 29.2 Å². The third-order valence-electron chi connectivity index (χ3n) is 5.36. The Balaban J connectivity index is 1.48. The van der Waals surface area contributed by atoms with Crippen LogP contribution in [0.1, 0.15) is 53.6 Å². The molecule has 0 radical (unpaired) electrons. The second-order valence-electron chi connectivity index (χ2n) is 7.62. The van der Waals surface area contributed by atoms with Crippen LogP contribution < -0.4 is 15.8 Å². The highest BCUT2D eigenvalue weighted by Gasteiger charge is 2.20. The van der Waals surface area contributed by atoms with E-state index in [0.29, 0.717) is 12.1 Å². The molecule has 3 rings (SSSR count). The molecule has 1 aliphatic carbocycles. The first-order valence-corrected chi connectivity index (χ1v) is 11.6. The van der Waals surface area contributed by atoms with E-state index in [2.05, 4.69) is 10.6 Å². The fourth-order valence-electron chi connectivity index (χ4n) is 3.55. The zero-order valence-corrected chi connectivity index (χ0v) is 17.6. The second-order valence-corrected chi connectivity index (χ2v) is 9.18. The smallest absolute Gasteiger partial charge is 0.251 e. The van der Waals surface area contributed by atoms with Gasteiger partial charge in [-0.25, -0.2) is 13.6 Å². The molecule has 0 unspecified atom stereocenters. The summed E-state index contributed by atoms with van der Waals surface area (Å²) in [6.07, 6.45) is 5.40. The summed E-state index contributed by atoms with van der Waals surface area (Å²) in [4.78, 5) is 24.6. The quantitative estimate of drug-likeness (QED) is 0.626.